The van der Waals surface area contributed by atoms with Crippen LogP contribution in [-0.2, 0) is 21.7 Å². The summed E-state index contributed by atoms with van der Waals surface area (Å²) >= 11 is 11.8. The molecule has 1 N–H and O–H groups in total. The predicted molar refractivity (Wildman–Crippen MR) is 127 cm³/mol. The zero-order valence-electron chi connectivity index (χ0n) is 18.9. The summed E-state index contributed by atoms with van der Waals surface area (Å²) in [5.41, 5.74) is 0.713. The molecule has 0 saturated carbocycles. The minimum atomic E-state index is -4.78. The third kappa shape index (κ3) is 4.61. The van der Waals surface area contributed by atoms with Crippen LogP contribution in [0.3, 0.4) is 0 Å². The molecule has 0 radical (unpaired) electrons. The van der Waals surface area contributed by atoms with Crippen molar-refractivity contribution in [3.63, 3.8) is 0 Å². The lowest BCUT2D eigenvalue weighted by atomic mass is 9.83. The lowest BCUT2D eigenvalue weighted by molar-refractivity contribution is -0.159. The van der Waals surface area contributed by atoms with E-state index >= 15 is 0 Å². The Balaban J connectivity index is 1.34. The number of benzene rings is 2. The number of urea groups is 1. The number of carbonyl (C=O) groups excluding carboxylic acids is 1. The van der Waals surface area contributed by atoms with Crippen molar-refractivity contribution >= 4 is 46.9 Å². The maximum absolute atomic E-state index is 14.4. The van der Waals surface area contributed by atoms with Gasteiger partial charge in [-0.25, -0.2) is 13.6 Å². The lowest BCUT2D eigenvalue weighted by Crippen LogP contribution is -2.63. The molecule has 0 aromatic heterocycles. The fourth-order valence-electron chi connectivity index (χ4n) is 4.74. The van der Waals surface area contributed by atoms with E-state index in [2.05, 4.69) is 4.40 Å². The van der Waals surface area contributed by atoms with E-state index in [-0.39, 0.29) is 31.0 Å². The van der Waals surface area contributed by atoms with Gasteiger partial charge in [0, 0.05) is 6.42 Å². The molecule has 38 heavy (non-hydrogen) atoms. The van der Waals surface area contributed by atoms with Crippen molar-refractivity contribution in [2.45, 2.75) is 35.7 Å². The molecule has 15 heteroatoms. The second-order valence-electron chi connectivity index (χ2n) is 9.17. The highest BCUT2D eigenvalue weighted by atomic mass is 35.5. The molecule has 0 bridgehead atoms. The summed E-state index contributed by atoms with van der Waals surface area (Å²) in [5.74, 6) is -1.02. The molecular weight excluding hydrogens is 586 g/mol. The number of rotatable bonds is 3. The van der Waals surface area contributed by atoms with Crippen LogP contribution in [0.2, 0.25) is 10.0 Å². The highest BCUT2D eigenvalue weighted by Gasteiger charge is 2.60. The lowest BCUT2D eigenvalue weighted by Gasteiger charge is -2.47. The number of amides is 2. The molecule has 2 amide bonds. The maximum atomic E-state index is 14.4. The van der Waals surface area contributed by atoms with Crippen molar-refractivity contribution in [2.75, 3.05) is 19.6 Å². The Morgan fingerprint density at radius 1 is 1.11 bits per heavy atom. The van der Waals surface area contributed by atoms with E-state index < -0.39 is 57.6 Å². The average molecular weight is 602 g/mol. The number of halogens is 9. The molecule has 3 aliphatic rings. The van der Waals surface area contributed by atoms with E-state index in [1.807, 2.05) is 0 Å². The molecule has 2 aromatic rings. The van der Waals surface area contributed by atoms with Gasteiger partial charge < -0.3 is 15.0 Å². The third-order valence-electron chi connectivity index (χ3n) is 6.69. The summed E-state index contributed by atoms with van der Waals surface area (Å²) in [5, 5.41) is 0.733. The minimum Gasteiger partial charge on any atom is -0.362 e. The van der Waals surface area contributed by atoms with Crippen molar-refractivity contribution in [1.82, 2.24) is 10.2 Å². The third-order valence-corrected chi connectivity index (χ3v) is 8.47. The van der Waals surface area contributed by atoms with Crippen LogP contribution in [-0.4, -0.2) is 48.6 Å². The Bertz CT molecular complexity index is 1320. The van der Waals surface area contributed by atoms with Crippen LogP contribution in [0.5, 0.6) is 0 Å². The molecule has 1 saturated heterocycles. The van der Waals surface area contributed by atoms with Crippen LogP contribution in [0.1, 0.15) is 28.7 Å². The zero-order valence-corrected chi connectivity index (χ0v) is 21.3. The number of hydrogen-bond donors (Lipinski definition) is 1. The van der Waals surface area contributed by atoms with Crippen molar-refractivity contribution in [3.05, 3.63) is 68.4 Å². The SMILES string of the molecule is O=C(NCC(F)(F)F)N1CC2(C1)OCc1cc(C3=NSC(c4cc(Cl)c(F)c(Cl)c4)(C(F)(F)F)C3)ccc12. The van der Waals surface area contributed by atoms with Gasteiger partial charge in [0.05, 0.1) is 35.5 Å². The smallest absolute Gasteiger partial charge is 0.362 e. The standard InChI is InChI=1S/C23H16Cl2F7N3O2S/c24-15-4-13(5-16(25)18(15)26)21(23(30,31)32)6-17(34-38-21)11-1-2-14-12(3-11)7-37-20(14)9-35(10-20)19(36)33-8-22(27,28)29/h1-5H,6-10H2,(H,33,36). The van der Waals surface area contributed by atoms with Gasteiger partial charge in [0.15, 0.2) is 10.6 Å². The molecule has 5 nitrogen and oxygen atoms in total. The molecule has 2 aromatic carbocycles. The van der Waals surface area contributed by atoms with Crippen LogP contribution < -0.4 is 5.32 Å². The van der Waals surface area contributed by atoms with E-state index in [0.717, 1.165) is 12.1 Å². The number of alkyl halides is 6. The first-order chi connectivity index (χ1) is 17.6. The topological polar surface area (TPSA) is 53.9 Å². The Morgan fingerprint density at radius 3 is 2.37 bits per heavy atom. The highest BCUT2D eigenvalue weighted by molar-refractivity contribution is 7.99. The Labute approximate surface area is 225 Å². The Morgan fingerprint density at radius 2 is 1.76 bits per heavy atom. The zero-order chi connectivity index (χ0) is 27.7. The van der Waals surface area contributed by atoms with E-state index in [1.54, 1.807) is 23.5 Å². The van der Waals surface area contributed by atoms with Gasteiger partial charge in [-0.3, -0.25) is 0 Å². The Kier molecular flexibility index (Phi) is 6.60. The molecule has 1 fully saturated rings. The largest absolute Gasteiger partial charge is 0.409 e. The first-order valence-corrected chi connectivity index (χ1v) is 12.5. The number of ether oxygens (including phenoxy) is 1. The van der Waals surface area contributed by atoms with Crippen molar-refractivity contribution in [2.24, 2.45) is 4.40 Å². The van der Waals surface area contributed by atoms with Gasteiger partial charge in [0.25, 0.3) is 0 Å². The van der Waals surface area contributed by atoms with Gasteiger partial charge in [0.1, 0.15) is 12.1 Å². The normalized spacial score (nSPS) is 22.3. The van der Waals surface area contributed by atoms with Crippen molar-refractivity contribution in [1.29, 1.82) is 0 Å². The second-order valence-corrected chi connectivity index (χ2v) is 11.0. The van der Waals surface area contributed by atoms with Crippen molar-refractivity contribution < 1.29 is 40.3 Å². The van der Waals surface area contributed by atoms with Crippen LogP contribution in [0.4, 0.5) is 35.5 Å². The first kappa shape index (κ1) is 27.4. The minimum absolute atomic E-state index is 0.0309. The number of nitrogens with one attached hydrogen (secondary N) is 1. The highest BCUT2D eigenvalue weighted by Crippen LogP contribution is 2.57. The van der Waals surface area contributed by atoms with Crippen LogP contribution in [0.25, 0.3) is 0 Å². The number of likely N-dealkylation sites (tertiary alicyclic amines) is 1. The van der Waals surface area contributed by atoms with E-state index in [9.17, 15) is 35.5 Å². The van der Waals surface area contributed by atoms with Gasteiger partial charge in [0.2, 0.25) is 0 Å². The number of nitrogens with zero attached hydrogens (tertiary/aromatic N) is 2. The van der Waals surface area contributed by atoms with Gasteiger partial charge >= 0.3 is 18.4 Å². The fourth-order valence-corrected chi connectivity index (χ4v) is 6.19. The van der Waals surface area contributed by atoms with Crippen LogP contribution >= 0.6 is 35.1 Å². The number of carbonyl (C=O) groups is 1. The number of hydrogen-bond acceptors (Lipinski definition) is 4. The quantitative estimate of drug-likeness (QED) is 0.241. The molecule has 1 unspecified atom stereocenters. The Hall–Kier alpha value is -2.22. The van der Waals surface area contributed by atoms with Gasteiger partial charge in [-0.05, 0) is 52.4 Å². The summed E-state index contributed by atoms with van der Waals surface area (Å²) < 4.78 is 101. The summed E-state index contributed by atoms with van der Waals surface area (Å²) in [4.78, 5) is 13.2. The molecule has 3 heterocycles. The van der Waals surface area contributed by atoms with E-state index in [1.165, 1.54) is 4.90 Å². The van der Waals surface area contributed by atoms with E-state index in [0.29, 0.717) is 28.6 Å². The molecule has 0 aliphatic carbocycles. The maximum Gasteiger partial charge on any atom is 0.409 e. The average Bonchev–Trinajstić information content (AvgIpc) is 3.42. The van der Waals surface area contributed by atoms with E-state index in [4.69, 9.17) is 27.9 Å². The molecule has 204 valence electrons. The van der Waals surface area contributed by atoms with Gasteiger partial charge in [-0.2, -0.15) is 26.3 Å². The summed E-state index contributed by atoms with van der Waals surface area (Å²) in [6, 6.07) is 5.81. The molecule has 5 rings (SSSR count). The predicted octanol–water partition coefficient (Wildman–Crippen LogP) is 6.74. The summed E-state index contributed by atoms with van der Waals surface area (Å²) in [6.45, 7) is -1.28. The fraction of sp³-hybridized carbons (Fsp3) is 0.391. The monoisotopic (exact) mass is 601 g/mol. The van der Waals surface area contributed by atoms with Gasteiger partial charge in [-0.15, -0.1) is 0 Å². The van der Waals surface area contributed by atoms with Crippen LogP contribution in [0, 0.1) is 5.82 Å². The summed E-state index contributed by atoms with van der Waals surface area (Å²) in [6.07, 6.45) is -9.87. The first-order valence-electron chi connectivity index (χ1n) is 11.0. The molecule has 3 aliphatic heterocycles. The van der Waals surface area contributed by atoms with Crippen LogP contribution in [0.15, 0.2) is 34.7 Å². The molecular formula is C23H16Cl2F7N3O2S. The second kappa shape index (κ2) is 9.17. The number of fused-ring (bicyclic) bond motifs is 2. The summed E-state index contributed by atoms with van der Waals surface area (Å²) in [7, 11) is 0. The molecule has 1 spiro atoms. The van der Waals surface area contributed by atoms with Gasteiger partial charge in [-0.1, -0.05) is 35.3 Å². The molecule has 1 atom stereocenters. The van der Waals surface area contributed by atoms with Crippen molar-refractivity contribution in [3.8, 4) is 0 Å².